The normalized spacial score (nSPS) is 18.2. The number of nitrogens with two attached hydrogens (primary N) is 1. The van der Waals surface area contributed by atoms with Gasteiger partial charge in [0.25, 0.3) is 5.91 Å². The van der Waals surface area contributed by atoms with Gasteiger partial charge in [-0.3, -0.25) is 9.59 Å². The van der Waals surface area contributed by atoms with Crippen molar-refractivity contribution in [3.8, 4) is 0 Å². The summed E-state index contributed by atoms with van der Waals surface area (Å²) < 4.78 is 0. The molecule has 1 unspecified atom stereocenters. The van der Waals surface area contributed by atoms with Gasteiger partial charge in [0.05, 0.1) is 6.54 Å². The second-order valence-corrected chi connectivity index (χ2v) is 5.45. The number of carbonyl (C=O) groups is 2. The molecule has 1 aromatic carbocycles. The van der Waals surface area contributed by atoms with Crippen LogP contribution >= 0.6 is 0 Å². The molecule has 114 valence electrons. The third-order valence-electron chi connectivity index (χ3n) is 3.91. The molecular weight excluding hydrogens is 266 g/mol. The van der Waals surface area contributed by atoms with Crippen LogP contribution in [0, 0.1) is 0 Å². The third-order valence-corrected chi connectivity index (χ3v) is 3.91. The van der Waals surface area contributed by atoms with E-state index >= 15 is 0 Å². The van der Waals surface area contributed by atoms with E-state index in [0.29, 0.717) is 12.1 Å². The van der Waals surface area contributed by atoms with Gasteiger partial charge in [0.15, 0.2) is 0 Å². The van der Waals surface area contributed by atoms with Crippen molar-refractivity contribution in [2.24, 2.45) is 5.73 Å². The van der Waals surface area contributed by atoms with E-state index in [2.05, 4.69) is 12.2 Å². The molecule has 1 saturated heterocycles. The average Bonchev–Trinajstić information content (AvgIpc) is 2.53. The zero-order valence-electron chi connectivity index (χ0n) is 12.5. The van der Waals surface area contributed by atoms with E-state index in [0.717, 1.165) is 25.8 Å². The summed E-state index contributed by atoms with van der Waals surface area (Å²) in [5.74, 6) is -0.593. The minimum absolute atomic E-state index is 0.0271. The van der Waals surface area contributed by atoms with Crippen molar-refractivity contribution < 1.29 is 9.59 Å². The summed E-state index contributed by atoms with van der Waals surface area (Å²) in [5, 5.41) is 3.27. The minimum Gasteiger partial charge on any atom is -0.368 e. The summed E-state index contributed by atoms with van der Waals surface area (Å²) in [6.45, 7) is 3.72. The molecule has 0 spiro atoms. The first-order valence-corrected chi connectivity index (χ1v) is 7.50. The van der Waals surface area contributed by atoms with Crippen LogP contribution in [-0.2, 0) is 11.2 Å². The Labute approximate surface area is 125 Å². The largest absolute Gasteiger partial charge is 0.368 e. The Bertz CT molecular complexity index is 493. The molecular formula is C16H23N3O2. The highest BCUT2D eigenvalue weighted by Crippen LogP contribution is 2.15. The van der Waals surface area contributed by atoms with Crippen LogP contribution in [0.15, 0.2) is 24.3 Å². The summed E-state index contributed by atoms with van der Waals surface area (Å²) in [4.78, 5) is 25.6. The smallest absolute Gasteiger partial charge is 0.254 e. The quantitative estimate of drug-likeness (QED) is 0.846. The van der Waals surface area contributed by atoms with Crippen molar-refractivity contribution in [3.05, 3.63) is 35.4 Å². The molecule has 2 rings (SSSR count). The molecule has 0 aliphatic carbocycles. The zero-order chi connectivity index (χ0) is 15.2. The number of hydrogen-bond acceptors (Lipinski definition) is 3. The van der Waals surface area contributed by atoms with Crippen LogP contribution in [-0.4, -0.2) is 42.4 Å². The SMILES string of the molecule is CCc1ccc(C(=O)N(CC(N)=O)C2CCCNC2)cc1. The predicted octanol–water partition coefficient (Wildman–Crippen LogP) is 0.928. The van der Waals surface area contributed by atoms with E-state index in [-0.39, 0.29) is 18.5 Å². The first-order chi connectivity index (χ1) is 10.1. The molecule has 2 amide bonds. The second kappa shape index (κ2) is 7.22. The van der Waals surface area contributed by atoms with Crippen LogP contribution in [0.25, 0.3) is 0 Å². The van der Waals surface area contributed by atoms with Gasteiger partial charge in [0, 0.05) is 18.2 Å². The van der Waals surface area contributed by atoms with Gasteiger partial charge in [0.1, 0.15) is 0 Å². The van der Waals surface area contributed by atoms with E-state index in [1.165, 1.54) is 5.56 Å². The van der Waals surface area contributed by atoms with Gasteiger partial charge in [-0.2, -0.15) is 0 Å². The predicted molar refractivity (Wildman–Crippen MR) is 81.9 cm³/mol. The lowest BCUT2D eigenvalue weighted by Crippen LogP contribution is -2.51. The Morgan fingerprint density at radius 1 is 1.33 bits per heavy atom. The molecule has 0 radical (unpaired) electrons. The number of primary amides is 1. The Kier molecular flexibility index (Phi) is 5.33. The van der Waals surface area contributed by atoms with E-state index in [1.807, 2.05) is 24.3 Å². The van der Waals surface area contributed by atoms with Crippen LogP contribution in [0.5, 0.6) is 0 Å². The number of rotatable bonds is 5. The number of hydrogen-bond donors (Lipinski definition) is 2. The van der Waals surface area contributed by atoms with Crippen molar-refractivity contribution in [2.45, 2.75) is 32.2 Å². The number of amides is 2. The van der Waals surface area contributed by atoms with Gasteiger partial charge in [-0.05, 0) is 43.5 Å². The first kappa shape index (κ1) is 15.5. The molecule has 5 heteroatoms. The highest BCUT2D eigenvalue weighted by molar-refractivity contribution is 5.96. The molecule has 0 aromatic heterocycles. The molecule has 1 aliphatic heterocycles. The maximum atomic E-state index is 12.7. The van der Waals surface area contributed by atoms with Gasteiger partial charge >= 0.3 is 0 Å². The molecule has 0 bridgehead atoms. The maximum Gasteiger partial charge on any atom is 0.254 e. The van der Waals surface area contributed by atoms with E-state index in [1.54, 1.807) is 4.90 Å². The Hall–Kier alpha value is -1.88. The molecule has 3 N–H and O–H groups in total. The van der Waals surface area contributed by atoms with Crippen molar-refractivity contribution in [2.75, 3.05) is 19.6 Å². The number of nitrogens with zero attached hydrogens (tertiary/aromatic N) is 1. The second-order valence-electron chi connectivity index (χ2n) is 5.45. The van der Waals surface area contributed by atoms with Crippen molar-refractivity contribution in [1.29, 1.82) is 0 Å². The number of nitrogens with one attached hydrogen (secondary N) is 1. The lowest BCUT2D eigenvalue weighted by molar-refractivity contribution is -0.119. The molecule has 1 atom stereocenters. The Morgan fingerprint density at radius 3 is 2.57 bits per heavy atom. The van der Waals surface area contributed by atoms with Gasteiger partial charge in [0.2, 0.25) is 5.91 Å². The van der Waals surface area contributed by atoms with Crippen LogP contribution in [0.1, 0.15) is 35.7 Å². The van der Waals surface area contributed by atoms with Gasteiger partial charge in [-0.25, -0.2) is 0 Å². The molecule has 21 heavy (non-hydrogen) atoms. The Balaban J connectivity index is 2.17. The molecule has 1 fully saturated rings. The fourth-order valence-corrected chi connectivity index (χ4v) is 2.68. The van der Waals surface area contributed by atoms with Crippen LogP contribution in [0.3, 0.4) is 0 Å². The highest BCUT2D eigenvalue weighted by Gasteiger charge is 2.27. The summed E-state index contributed by atoms with van der Waals surface area (Å²) in [5.41, 5.74) is 7.11. The van der Waals surface area contributed by atoms with Crippen LogP contribution in [0.4, 0.5) is 0 Å². The van der Waals surface area contributed by atoms with Gasteiger partial charge < -0.3 is 16.0 Å². The zero-order valence-corrected chi connectivity index (χ0v) is 12.5. The lowest BCUT2D eigenvalue weighted by atomic mass is 10.0. The van der Waals surface area contributed by atoms with Crippen molar-refractivity contribution >= 4 is 11.8 Å². The lowest BCUT2D eigenvalue weighted by Gasteiger charge is -2.34. The van der Waals surface area contributed by atoms with Gasteiger partial charge in [-0.1, -0.05) is 19.1 Å². The number of benzene rings is 1. The first-order valence-electron chi connectivity index (χ1n) is 7.50. The average molecular weight is 289 g/mol. The summed E-state index contributed by atoms with van der Waals surface area (Å²) in [6.07, 6.45) is 2.84. The molecule has 5 nitrogen and oxygen atoms in total. The van der Waals surface area contributed by atoms with E-state index < -0.39 is 5.91 Å². The molecule has 1 aromatic rings. The van der Waals surface area contributed by atoms with Gasteiger partial charge in [-0.15, -0.1) is 0 Å². The third kappa shape index (κ3) is 4.04. The van der Waals surface area contributed by atoms with Crippen molar-refractivity contribution in [1.82, 2.24) is 10.2 Å². The minimum atomic E-state index is -0.473. The molecule has 0 saturated carbocycles. The topological polar surface area (TPSA) is 75.4 Å². The molecule has 1 aliphatic rings. The monoisotopic (exact) mass is 289 g/mol. The van der Waals surface area contributed by atoms with E-state index in [9.17, 15) is 9.59 Å². The fraction of sp³-hybridized carbons (Fsp3) is 0.500. The van der Waals surface area contributed by atoms with E-state index in [4.69, 9.17) is 5.73 Å². The van der Waals surface area contributed by atoms with Crippen LogP contribution in [0.2, 0.25) is 0 Å². The fourth-order valence-electron chi connectivity index (χ4n) is 2.68. The van der Waals surface area contributed by atoms with Crippen LogP contribution < -0.4 is 11.1 Å². The number of carbonyl (C=O) groups excluding carboxylic acids is 2. The highest BCUT2D eigenvalue weighted by atomic mass is 16.2. The summed E-state index contributed by atoms with van der Waals surface area (Å²) in [7, 11) is 0. The van der Waals surface area contributed by atoms with Crippen molar-refractivity contribution in [3.63, 3.8) is 0 Å². The molecule has 1 heterocycles. The summed E-state index contributed by atoms with van der Waals surface area (Å²) >= 11 is 0. The summed E-state index contributed by atoms with van der Waals surface area (Å²) in [6, 6.07) is 7.59. The standard InChI is InChI=1S/C16H23N3O2/c1-2-12-5-7-13(8-6-12)16(21)19(11-15(17)20)14-4-3-9-18-10-14/h5-8,14,18H,2-4,9-11H2,1H3,(H2,17,20). The number of piperidine rings is 1. The number of aryl methyl sites for hydroxylation is 1. The maximum absolute atomic E-state index is 12.7. The Morgan fingerprint density at radius 2 is 2.05 bits per heavy atom.